The Morgan fingerprint density at radius 1 is 1.39 bits per heavy atom. The number of carbonyl (C=O) groups excluding carboxylic acids is 1. The topological polar surface area (TPSA) is 54.5 Å². The second-order valence-corrected chi connectivity index (χ2v) is 8.41. The highest BCUT2D eigenvalue weighted by Gasteiger charge is 2.33. The number of hydrogen-bond donors (Lipinski definition) is 0. The van der Waals surface area contributed by atoms with Gasteiger partial charge in [-0.3, -0.25) is 4.79 Å². The molecule has 1 amide bonds. The van der Waals surface area contributed by atoms with Gasteiger partial charge in [-0.2, -0.15) is 0 Å². The van der Waals surface area contributed by atoms with E-state index < -0.39 is 9.84 Å². The van der Waals surface area contributed by atoms with Crippen molar-refractivity contribution < 1.29 is 13.2 Å². The first-order valence-corrected chi connectivity index (χ1v) is 9.65. The SMILES string of the molecule is C=CCN(C(=O)/C=C/c1cc(Cl)ccc1Cl)C1CCS(=O)(=O)C1. The molecule has 1 atom stereocenters. The predicted octanol–water partition coefficient (Wildman–Crippen LogP) is 3.21. The minimum atomic E-state index is -3.06. The molecule has 7 heteroatoms. The van der Waals surface area contributed by atoms with E-state index in [0.29, 0.717) is 28.6 Å². The third kappa shape index (κ3) is 4.83. The highest BCUT2D eigenvalue weighted by Crippen LogP contribution is 2.22. The molecule has 1 aliphatic rings. The number of hydrogen-bond acceptors (Lipinski definition) is 3. The van der Waals surface area contributed by atoms with Gasteiger partial charge in [0.2, 0.25) is 5.91 Å². The van der Waals surface area contributed by atoms with Crippen molar-refractivity contribution in [2.45, 2.75) is 12.5 Å². The molecule has 0 saturated carbocycles. The smallest absolute Gasteiger partial charge is 0.247 e. The van der Waals surface area contributed by atoms with Gasteiger partial charge in [-0.1, -0.05) is 29.3 Å². The Labute approximate surface area is 146 Å². The van der Waals surface area contributed by atoms with Gasteiger partial charge in [0.25, 0.3) is 0 Å². The van der Waals surface area contributed by atoms with Gasteiger partial charge in [0.05, 0.1) is 11.5 Å². The van der Waals surface area contributed by atoms with Crippen LogP contribution in [0.15, 0.2) is 36.9 Å². The molecule has 1 fully saturated rings. The fraction of sp³-hybridized carbons (Fsp3) is 0.312. The van der Waals surface area contributed by atoms with Crippen molar-refractivity contribution in [1.29, 1.82) is 0 Å². The third-order valence-electron chi connectivity index (χ3n) is 3.62. The lowest BCUT2D eigenvalue weighted by Crippen LogP contribution is -2.40. The molecule has 2 rings (SSSR count). The Kier molecular flexibility index (Phi) is 5.89. The molecule has 1 aromatic rings. The van der Waals surface area contributed by atoms with Crippen LogP contribution in [0.3, 0.4) is 0 Å². The quantitative estimate of drug-likeness (QED) is 0.588. The average molecular weight is 374 g/mol. The van der Waals surface area contributed by atoms with E-state index in [4.69, 9.17) is 23.2 Å². The number of sulfone groups is 1. The summed E-state index contributed by atoms with van der Waals surface area (Å²) in [6.07, 6.45) is 5.00. The van der Waals surface area contributed by atoms with Crippen molar-refractivity contribution in [2.24, 2.45) is 0 Å². The van der Waals surface area contributed by atoms with Crippen molar-refractivity contribution in [3.63, 3.8) is 0 Å². The monoisotopic (exact) mass is 373 g/mol. The number of rotatable bonds is 5. The minimum absolute atomic E-state index is 0.00165. The molecular formula is C16H17Cl2NO3S. The van der Waals surface area contributed by atoms with Crippen molar-refractivity contribution in [2.75, 3.05) is 18.1 Å². The number of carbonyl (C=O) groups is 1. The summed E-state index contributed by atoms with van der Waals surface area (Å²) in [6.45, 7) is 3.93. The Hall–Kier alpha value is -1.30. The molecule has 0 radical (unpaired) electrons. The molecule has 1 heterocycles. The van der Waals surface area contributed by atoms with Crippen LogP contribution in [0, 0.1) is 0 Å². The van der Waals surface area contributed by atoms with E-state index in [9.17, 15) is 13.2 Å². The van der Waals surface area contributed by atoms with E-state index in [1.807, 2.05) is 0 Å². The molecule has 4 nitrogen and oxygen atoms in total. The van der Waals surface area contributed by atoms with Crippen molar-refractivity contribution in [3.05, 3.63) is 52.5 Å². The van der Waals surface area contributed by atoms with E-state index in [0.717, 1.165) is 0 Å². The molecule has 1 saturated heterocycles. The lowest BCUT2D eigenvalue weighted by Gasteiger charge is -2.25. The van der Waals surface area contributed by atoms with Gasteiger partial charge in [-0.05, 0) is 36.3 Å². The number of halogens is 2. The molecule has 124 valence electrons. The molecule has 0 aromatic heterocycles. The number of amides is 1. The molecule has 0 aliphatic carbocycles. The molecule has 0 bridgehead atoms. The summed E-state index contributed by atoms with van der Waals surface area (Å²) >= 11 is 12.0. The number of benzene rings is 1. The summed E-state index contributed by atoms with van der Waals surface area (Å²) in [5, 5.41) is 1.00. The maximum absolute atomic E-state index is 12.4. The van der Waals surface area contributed by atoms with Crippen molar-refractivity contribution in [1.82, 2.24) is 4.90 Å². The Balaban J connectivity index is 2.16. The fourth-order valence-corrected chi connectivity index (χ4v) is 4.57. The van der Waals surface area contributed by atoms with Crippen LogP contribution in [0.4, 0.5) is 0 Å². The van der Waals surface area contributed by atoms with E-state index in [-0.39, 0.29) is 23.5 Å². The second-order valence-electron chi connectivity index (χ2n) is 5.34. The summed E-state index contributed by atoms with van der Waals surface area (Å²) in [5.74, 6) is -0.163. The van der Waals surface area contributed by atoms with Crippen molar-refractivity contribution >= 4 is 45.0 Å². The Bertz CT molecular complexity index is 744. The fourth-order valence-electron chi connectivity index (χ4n) is 2.48. The normalized spacial score (nSPS) is 19.8. The molecule has 0 N–H and O–H groups in total. The van der Waals surface area contributed by atoms with Crippen LogP contribution in [0.5, 0.6) is 0 Å². The Morgan fingerprint density at radius 3 is 2.74 bits per heavy atom. The number of nitrogens with zero attached hydrogens (tertiary/aromatic N) is 1. The predicted molar refractivity (Wildman–Crippen MR) is 94.5 cm³/mol. The first kappa shape index (κ1) is 18.0. The van der Waals surface area contributed by atoms with Crippen molar-refractivity contribution in [3.8, 4) is 0 Å². The van der Waals surface area contributed by atoms with E-state index in [2.05, 4.69) is 6.58 Å². The summed E-state index contributed by atoms with van der Waals surface area (Å²) in [5.41, 5.74) is 0.630. The maximum atomic E-state index is 12.4. The molecule has 23 heavy (non-hydrogen) atoms. The van der Waals surface area contributed by atoms with Crippen LogP contribution in [0.2, 0.25) is 10.0 Å². The van der Waals surface area contributed by atoms with Gasteiger partial charge in [-0.15, -0.1) is 6.58 Å². The molecular weight excluding hydrogens is 357 g/mol. The summed E-state index contributed by atoms with van der Waals surface area (Å²) in [7, 11) is -3.06. The summed E-state index contributed by atoms with van der Waals surface area (Å²) < 4.78 is 23.2. The van der Waals surface area contributed by atoms with E-state index >= 15 is 0 Å². The van der Waals surface area contributed by atoms with Gasteiger partial charge in [0.15, 0.2) is 9.84 Å². The van der Waals surface area contributed by atoms with Crippen LogP contribution >= 0.6 is 23.2 Å². The zero-order chi connectivity index (χ0) is 17.0. The van der Waals surface area contributed by atoms with Crippen LogP contribution in [-0.2, 0) is 14.6 Å². The van der Waals surface area contributed by atoms with Crippen LogP contribution in [-0.4, -0.2) is 43.3 Å². The third-order valence-corrected chi connectivity index (χ3v) is 5.95. The highest BCUT2D eigenvalue weighted by atomic mass is 35.5. The zero-order valence-corrected chi connectivity index (χ0v) is 14.7. The molecule has 1 aromatic carbocycles. The van der Waals surface area contributed by atoms with Gasteiger partial charge in [0, 0.05) is 28.7 Å². The first-order chi connectivity index (χ1) is 10.8. The van der Waals surface area contributed by atoms with E-state index in [1.165, 1.54) is 11.0 Å². The van der Waals surface area contributed by atoms with E-state index in [1.54, 1.807) is 30.4 Å². The van der Waals surface area contributed by atoms with Crippen LogP contribution in [0.25, 0.3) is 6.08 Å². The maximum Gasteiger partial charge on any atom is 0.247 e. The largest absolute Gasteiger partial charge is 0.331 e. The summed E-state index contributed by atoms with van der Waals surface area (Å²) in [6, 6.07) is 4.66. The minimum Gasteiger partial charge on any atom is -0.331 e. The van der Waals surface area contributed by atoms with Gasteiger partial charge >= 0.3 is 0 Å². The van der Waals surface area contributed by atoms with Crippen LogP contribution in [0.1, 0.15) is 12.0 Å². The zero-order valence-electron chi connectivity index (χ0n) is 12.4. The molecule has 1 unspecified atom stereocenters. The first-order valence-electron chi connectivity index (χ1n) is 7.07. The highest BCUT2D eigenvalue weighted by molar-refractivity contribution is 7.91. The van der Waals surface area contributed by atoms with Crippen LogP contribution < -0.4 is 0 Å². The van der Waals surface area contributed by atoms with Gasteiger partial charge in [0.1, 0.15) is 0 Å². The average Bonchev–Trinajstić information content (AvgIpc) is 2.85. The second kappa shape index (κ2) is 7.51. The summed E-state index contributed by atoms with van der Waals surface area (Å²) in [4.78, 5) is 13.9. The lowest BCUT2D eigenvalue weighted by atomic mass is 10.2. The van der Waals surface area contributed by atoms with Gasteiger partial charge < -0.3 is 4.90 Å². The molecule has 0 spiro atoms. The lowest BCUT2D eigenvalue weighted by molar-refractivity contribution is -0.127. The standard InChI is InChI=1S/C16H17Cl2NO3S/c1-2-8-19(14-7-9-23(21,22)11-14)16(20)6-3-12-10-13(17)4-5-15(12)18/h2-6,10,14H,1,7-9,11H2/b6-3+. The molecule has 1 aliphatic heterocycles. The van der Waals surface area contributed by atoms with Gasteiger partial charge in [-0.25, -0.2) is 8.42 Å². The Morgan fingerprint density at radius 2 is 2.13 bits per heavy atom.